The van der Waals surface area contributed by atoms with Crippen LogP contribution in [-0.2, 0) is 0 Å². The average molecular weight is 439 g/mol. The molecule has 34 heavy (non-hydrogen) atoms. The van der Waals surface area contributed by atoms with Gasteiger partial charge in [-0.15, -0.1) is 0 Å². The van der Waals surface area contributed by atoms with E-state index in [9.17, 15) is 0 Å². The third-order valence-corrected chi connectivity index (χ3v) is 7.62. The number of hydrogen-bond acceptors (Lipinski definition) is 1. The van der Waals surface area contributed by atoms with Gasteiger partial charge in [-0.2, -0.15) is 0 Å². The van der Waals surface area contributed by atoms with Crippen molar-refractivity contribution in [1.29, 1.82) is 0 Å². The van der Waals surface area contributed by atoms with Gasteiger partial charge in [-0.1, -0.05) is 96.6 Å². The zero-order valence-electron chi connectivity index (χ0n) is 19.3. The minimum atomic E-state index is 0.231. The Labute approximate surface area is 200 Å². The standard InChI is InChI=1S/C33H26O/c1-21-10-12-22(13-11-21)23-14-16-25(17-15-23)29-20-26-7-3-5-9-28(26)32-31-27-8-4-2-6-24(27)18-19-30(31)34-33(29)32/h2-4,6-8,10-19,29H,5,9,20H2,1H3. The molecule has 1 aromatic heterocycles. The van der Waals surface area contributed by atoms with Crippen LogP contribution in [0, 0.1) is 6.92 Å². The van der Waals surface area contributed by atoms with Gasteiger partial charge in [0.25, 0.3) is 0 Å². The summed E-state index contributed by atoms with van der Waals surface area (Å²) in [6, 6.07) is 30.9. The molecular formula is C33H26O. The average Bonchev–Trinajstić information content (AvgIpc) is 3.29. The number of fused-ring (bicyclic) bond motifs is 6. The summed E-state index contributed by atoms with van der Waals surface area (Å²) in [6.07, 6.45) is 7.89. The highest BCUT2D eigenvalue weighted by Gasteiger charge is 2.33. The molecule has 1 heteroatoms. The third kappa shape index (κ3) is 3.00. The second kappa shape index (κ2) is 7.60. The van der Waals surface area contributed by atoms with Gasteiger partial charge in [0.15, 0.2) is 0 Å². The molecule has 2 aliphatic rings. The van der Waals surface area contributed by atoms with Crippen LogP contribution in [0.25, 0.3) is 38.4 Å². The molecule has 0 spiro atoms. The maximum Gasteiger partial charge on any atom is 0.135 e. The Balaban J connectivity index is 1.40. The lowest BCUT2D eigenvalue weighted by molar-refractivity contribution is 0.511. The van der Waals surface area contributed by atoms with Crippen LogP contribution in [0.5, 0.6) is 0 Å². The summed E-state index contributed by atoms with van der Waals surface area (Å²) in [4.78, 5) is 0. The molecule has 5 aromatic rings. The van der Waals surface area contributed by atoms with E-state index in [0.29, 0.717) is 0 Å². The van der Waals surface area contributed by atoms with E-state index in [1.807, 2.05) is 0 Å². The Morgan fingerprint density at radius 1 is 0.794 bits per heavy atom. The van der Waals surface area contributed by atoms with Crippen LogP contribution in [0.3, 0.4) is 0 Å². The SMILES string of the molecule is Cc1ccc(-c2ccc(C3CC4=C(CCC=C4)c4c3oc3ccc5ccccc5c43)cc2)cc1. The second-order valence-corrected chi connectivity index (χ2v) is 9.69. The second-order valence-electron chi connectivity index (χ2n) is 9.69. The van der Waals surface area contributed by atoms with Crippen LogP contribution in [-0.4, -0.2) is 0 Å². The smallest absolute Gasteiger partial charge is 0.135 e. The largest absolute Gasteiger partial charge is 0.460 e. The van der Waals surface area contributed by atoms with E-state index in [4.69, 9.17) is 4.42 Å². The van der Waals surface area contributed by atoms with Crippen molar-refractivity contribution in [2.75, 3.05) is 0 Å². The van der Waals surface area contributed by atoms with Crippen molar-refractivity contribution in [2.45, 2.75) is 32.1 Å². The van der Waals surface area contributed by atoms with E-state index < -0.39 is 0 Å². The Bertz CT molecular complexity index is 1610. The molecule has 7 rings (SSSR count). The first-order chi connectivity index (χ1) is 16.8. The van der Waals surface area contributed by atoms with Gasteiger partial charge in [-0.25, -0.2) is 0 Å². The quantitative estimate of drug-likeness (QED) is 0.268. The Morgan fingerprint density at radius 3 is 2.38 bits per heavy atom. The molecule has 0 saturated heterocycles. The summed E-state index contributed by atoms with van der Waals surface area (Å²) in [7, 11) is 0. The maximum atomic E-state index is 6.68. The molecule has 0 saturated carbocycles. The van der Waals surface area contributed by atoms with Crippen molar-refractivity contribution >= 4 is 27.3 Å². The van der Waals surface area contributed by atoms with Gasteiger partial charge in [0.2, 0.25) is 0 Å². The molecule has 0 amide bonds. The summed E-state index contributed by atoms with van der Waals surface area (Å²) in [6.45, 7) is 2.13. The Kier molecular flexibility index (Phi) is 4.38. The van der Waals surface area contributed by atoms with Crippen molar-refractivity contribution in [3.8, 4) is 11.1 Å². The highest BCUT2D eigenvalue weighted by Crippen LogP contribution is 2.50. The first-order valence-corrected chi connectivity index (χ1v) is 12.3. The van der Waals surface area contributed by atoms with E-state index in [2.05, 4.69) is 104 Å². The van der Waals surface area contributed by atoms with Gasteiger partial charge in [-0.05, 0) is 70.9 Å². The number of benzene rings is 4. The number of furan rings is 1. The molecule has 0 radical (unpaired) electrons. The number of hydrogen-bond donors (Lipinski definition) is 0. The molecule has 2 aliphatic carbocycles. The predicted molar refractivity (Wildman–Crippen MR) is 142 cm³/mol. The topological polar surface area (TPSA) is 13.1 Å². The van der Waals surface area contributed by atoms with E-state index >= 15 is 0 Å². The van der Waals surface area contributed by atoms with Crippen LogP contribution in [0.2, 0.25) is 0 Å². The van der Waals surface area contributed by atoms with Crippen LogP contribution in [0.1, 0.15) is 47.6 Å². The summed E-state index contributed by atoms with van der Waals surface area (Å²) >= 11 is 0. The van der Waals surface area contributed by atoms with E-state index in [1.54, 1.807) is 0 Å². The van der Waals surface area contributed by atoms with E-state index in [-0.39, 0.29) is 5.92 Å². The fraction of sp³-hybridized carbons (Fsp3) is 0.152. The number of allylic oxidation sites excluding steroid dienone is 4. The number of aryl methyl sites for hydroxylation is 1. The lowest BCUT2D eigenvalue weighted by Gasteiger charge is -2.28. The lowest BCUT2D eigenvalue weighted by Crippen LogP contribution is -2.11. The van der Waals surface area contributed by atoms with Crippen molar-refractivity contribution in [3.05, 3.63) is 125 Å². The molecule has 0 fully saturated rings. The zero-order valence-corrected chi connectivity index (χ0v) is 19.3. The fourth-order valence-electron chi connectivity index (χ4n) is 5.86. The van der Waals surface area contributed by atoms with E-state index in [1.165, 1.54) is 55.1 Å². The fourth-order valence-corrected chi connectivity index (χ4v) is 5.86. The van der Waals surface area contributed by atoms with Crippen molar-refractivity contribution < 1.29 is 4.42 Å². The highest BCUT2D eigenvalue weighted by molar-refractivity contribution is 6.12. The molecule has 164 valence electrons. The molecule has 0 N–H and O–H groups in total. The molecule has 1 atom stereocenters. The minimum Gasteiger partial charge on any atom is -0.460 e. The molecule has 0 bridgehead atoms. The first-order valence-electron chi connectivity index (χ1n) is 12.3. The van der Waals surface area contributed by atoms with Crippen molar-refractivity contribution in [3.63, 3.8) is 0 Å². The monoisotopic (exact) mass is 438 g/mol. The summed E-state index contributed by atoms with van der Waals surface area (Å²) in [5, 5.41) is 3.86. The van der Waals surface area contributed by atoms with Gasteiger partial charge in [0.1, 0.15) is 11.3 Å². The van der Waals surface area contributed by atoms with Crippen LogP contribution < -0.4 is 0 Å². The molecular weight excluding hydrogens is 412 g/mol. The van der Waals surface area contributed by atoms with Crippen LogP contribution in [0.4, 0.5) is 0 Å². The zero-order chi connectivity index (χ0) is 22.6. The minimum absolute atomic E-state index is 0.231. The van der Waals surface area contributed by atoms with Crippen LogP contribution in [0.15, 0.2) is 107 Å². The highest BCUT2D eigenvalue weighted by atomic mass is 16.3. The van der Waals surface area contributed by atoms with Gasteiger partial charge in [-0.3, -0.25) is 0 Å². The molecule has 1 heterocycles. The summed E-state index contributed by atoms with van der Waals surface area (Å²) < 4.78 is 6.68. The Morgan fingerprint density at radius 2 is 1.56 bits per heavy atom. The van der Waals surface area contributed by atoms with Crippen LogP contribution >= 0.6 is 0 Å². The Hall–Kier alpha value is -3.84. The summed E-state index contributed by atoms with van der Waals surface area (Å²) in [5.41, 5.74) is 10.5. The lowest BCUT2D eigenvalue weighted by atomic mass is 9.75. The van der Waals surface area contributed by atoms with Gasteiger partial charge >= 0.3 is 0 Å². The van der Waals surface area contributed by atoms with Gasteiger partial charge < -0.3 is 4.42 Å². The van der Waals surface area contributed by atoms with Gasteiger partial charge in [0, 0.05) is 16.9 Å². The van der Waals surface area contributed by atoms with E-state index in [0.717, 1.165) is 30.6 Å². The molecule has 1 unspecified atom stereocenters. The maximum absolute atomic E-state index is 6.68. The van der Waals surface area contributed by atoms with Gasteiger partial charge in [0.05, 0.1) is 0 Å². The molecule has 0 aliphatic heterocycles. The third-order valence-electron chi connectivity index (χ3n) is 7.62. The summed E-state index contributed by atoms with van der Waals surface area (Å²) in [5.74, 6) is 1.37. The predicted octanol–water partition coefficient (Wildman–Crippen LogP) is 9.20. The number of rotatable bonds is 2. The van der Waals surface area contributed by atoms with Crippen molar-refractivity contribution in [2.24, 2.45) is 0 Å². The molecule has 4 aromatic carbocycles. The van der Waals surface area contributed by atoms with Crippen molar-refractivity contribution in [1.82, 2.24) is 0 Å². The molecule has 1 nitrogen and oxygen atoms in total. The first kappa shape index (κ1) is 19.6. The normalized spacial score (nSPS) is 17.3.